The van der Waals surface area contributed by atoms with Gasteiger partial charge in [0.15, 0.2) is 6.23 Å². The summed E-state index contributed by atoms with van der Waals surface area (Å²) < 4.78 is 21.8. The predicted molar refractivity (Wildman–Crippen MR) is 149 cm³/mol. The SMILES string of the molecule is CC/C(=C(\c1ccc(C=CC(=O)O)cc1)c1ccc2c(cnn2C2CCCCO2)c1)c1ccc(F)cc1Cl. The summed E-state index contributed by atoms with van der Waals surface area (Å²) in [5, 5.41) is 15.0. The molecule has 1 aliphatic rings. The highest BCUT2D eigenvalue weighted by Crippen LogP contribution is 2.38. The van der Waals surface area contributed by atoms with Crippen molar-refractivity contribution in [3.05, 3.63) is 106 Å². The number of rotatable bonds is 7. The number of benzene rings is 3. The largest absolute Gasteiger partial charge is 0.478 e. The Bertz CT molecular complexity index is 1530. The van der Waals surface area contributed by atoms with Gasteiger partial charge in [0, 0.05) is 18.1 Å². The van der Waals surface area contributed by atoms with Gasteiger partial charge in [0.2, 0.25) is 0 Å². The third-order valence-corrected chi connectivity index (χ3v) is 7.15. The van der Waals surface area contributed by atoms with Crippen LogP contribution in [0.3, 0.4) is 0 Å². The normalized spacial score (nSPS) is 16.7. The first kappa shape index (κ1) is 25.9. The van der Waals surface area contributed by atoms with Gasteiger partial charge in [0.25, 0.3) is 0 Å². The molecule has 1 aliphatic heterocycles. The molecule has 38 heavy (non-hydrogen) atoms. The van der Waals surface area contributed by atoms with E-state index in [9.17, 15) is 9.18 Å². The molecule has 0 aliphatic carbocycles. The minimum atomic E-state index is -0.999. The van der Waals surface area contributed by atoms with Crippen LogP contribution in [-0.4, -0.2) is 27.5 Å². The predicted octanol–water partition coefficient (Wildman–Crippen LogP) is 7.99. The van der Waals surface area contributed by atoms with Crippen LogP contribution in [0.4, 0.5) is 4.39 Å². The van der Waals surface area contributed by atoms with Crippen LogP contribution in [0.2, 0.25) is 5.02 Å². The summed E-state index contributed by atoms with van der Waals surface area (Å²) in [5.74, 6) is -1.38. The van der Waals surface area contributed by atoms with Crippen molar-refractivity contribution in [1.82, 2.24) is 9.78 Å². The second kappa shape index (κ2) is 11.3. The van der Waals surface area contributed by atoms with Gasteiger partial charge in [-0.1, -0.05) is 54.9 Å². The van der Waals surface area contributed by atoms with Crippen molar-refractivity contribution in [2.45, 2.75) is 38.8 Å². The molecule has 5 rings (SSSR count). The van der Waals surface area contributed by atoms with Crippen molar-refractivity contribution < 1.29 is 19.0 Å². The zero-order chi connectivity index (χ0) is 26.6. The molecule has 1 fully saturated rings. The molecule has 194 valence electrons. The summed E-state index contributed by atoms with van der Waals surface area (Å²) in [6, 6.07) is 18.4. The van der Waals surface area contributed by atoms with Gasteiger partial charge in [-0.15, -0.1) is 0 Å². The number of allylic oxidation sites excluding steroid dienone is 1. The number of halogens is 2. The van der Waals surface area contributed by atoms with E-state index in [1.807, 2.05) is 35.1 Å². The van der Waals surface area contributed by atoms with Gasteiger partial charge >= 0.3 is 5.97 Å². The van der Waals surface area contributed by atoms with Crippen LogP contribution in [0.15, 0.2) is 72.9 Å². The highest BCUT2D eigenvalue weighted by atomic mass is 35.5. The summed E-state index contributed by atoms with van der Waals surface area (Å²) in [5.41, 5.74) is 6.42. The van der Waals surface area contributed by atoms with E-state index >= 15 is 0 Å². The van der Waals surface area contributed by atoms with E-state index in [0.29, 0.717) is 11.4 Å². The fourth-order valence-electron chi connectivity index (χ4n) is 5.03. The van der Waals surface area contributed by atoms with Crippen molar-refractivity contribution in [3.63, 3.8) is 0 Å². The summed E-state index contributed by atoms with van der Waals surface area (Å²) in [6.07, 6.45) is 8.27. The molecular formula is C31H28ClFN2O3. The molecule has 7 heteroatoms. The lowest BCUT2D eigenvalue weighted by atomic mass is 9.87. The number of carbonyl (C=O) groups is 1. The fourth-order valence-corrected chi connectivity index (χ4v) is 5.32. The zero-order valence-corrected chi connectivity index (χ0v) is 21.8. The van der Waals surface area contributed by atoms with Gasteiger partial charge in [0.05, 0.1) is 16.7 Å². The fraction of sp³-hybridized carbons (Fsp3) is 0.226. The van der Waals surface area contributed by atoms with Crippen LogP contribution in [0.25, 0.3) is 28.1 Å². The maximum Gasteiger partial charge on any atom is 0.328 e. The Balaban J connectivity index is 1.65. The lowest BCUT2D eigenvalue weighted by Gasteiger charge is -2.23. The molecule has 1 atom stereocenters. The Morgan fingerprint density at radius 1 is 1.13 bits per heavy atom. The molecule has 3 aromatic carbocycles. The Labute approximate surface area is 225 Å². The number of carboxylic acid groups (broad SMARTS) is 1. The van der Waals surface area contributed by atoms with Gasteiger partial charge in [-0.25, -0.2) is 13.9 Å². The summed E-state index contributed by atoms with van der Waals surface area (Å²) in [6.45, 7) is 2.79. The number of ether oxygens (including phenoxy) is 1. The van der Waals surface area contributed by atoms with E-state index in [0.717, 1.165) is 76.2 Å². The van der Waals surface area contributed by atoms with Crippen LogP contribution in [0.5, 0.6) is 0 Å². The van der Waals surface area contributed by atoms with Gasteiger partial charge < -0.3 is 9.84 Å². The van der Waals surface area contributed by atoms with Crippen molar-refractivity contribution in [3.8, 4) is 0 Å². The Hall–Kier alpha value is -3.74. The second-order valence-electron chi connectivity index (χ2n) is 9.31. The molecule has 0 saturated carbocycles. The van der Waals surface area contributed by atoms with Crippen LogP contribution in [0.1, 0.15) is 61.1 Å². The molecule has 2 heterocycles. The Morgan fingerprint density at radius 2 is 1.92 bits per heavy atom. The van der Waals surface area contributed by atoms with Crippen molar-refractivity contribution in [2.75, 3.05) is 6.61 Å². The third-order valence-electron chi connectivity index (χ3n) is 6.84. The van der Waals surface area contributed by atoms with Crippen LogP contribution in [0, 0.1) is 5.82 Å². The molecule has 1 unspecified atom stereocenters. The van der Waals surface area contributed by atoms with Crippen molar-refractivity contribution >= 4 is 45.7 Å². The van der Waals surface area contributed by atoms with E-state index in [1.54, 1.807) is 12.1 Å². The zero-order valence-electron chi connectivity index (χ0n) is 21.0. The lowest BCUT2D eigenvalue weighted by molar-refractivity contribution is -0.131. The van der Waals surface area contributed by atoms with Gasteiger partial charge in [-0.2, -0.15) is 5.10 Å². The van der Waals surface area contributed by atoms with Gasteiger partial charge in [0.1, 0.15) is 5.82 Å². The average molecular weight is 531 g/mol. The number of aromatic nitrogens is 2. The molecule has 1 aromatic heterocycles. The number of nitrogens with zero attached hydrogens (tertiary/aromatic N) is 2. The van der Waals surface area contributed by atoms with Crippen LogP contribution < -0.4 is 0 Å². The number of hydrogen-bond acceptors (Lipinski definition) is 3. The molecule has 0 spiro atoms. The maximum absolute atomic E-state index is 13.9. The number of carboxylic acids is 1. The minimum Gasteiger partial charge on any atom is -0.478 e. The van der Waals surface area contributed by atoms with E-state index in [-0.39, 0.29) is 12.0 Å². The molecule has 0 bridgehead atoms. The summed E-state index contributed by atoms with van der Waals surface area (Å²) >= 11 is 6.54. The molecule has 1 N–H and O–H groups in total. The first-order valence-corrected chi connectivity index (χ1v) is 13.1. The van der Waals surface area contributed by atoms with Crippen molar-refractivity contribution in [1.29, 1.82) is 0 Å². The standard InChI is InChI=1S/C31H28ClFN2O3/c1-2-25(26-13-12-24(33)18-27(26)32)31(21-9-6-20(7-10-21)8-15-30(36)37)22-11-14-28-23(17-22)19-34-35(28)29-5-3-4-16-38-29/h6-15,17-19,29H,2-5,16H2,1H3,(H,36,37)/b15-8?,31-25-. The Kier molecular flexibility index (Phi) is 7.72. The first-order valence-electron chi connectivity index (χ1n) is 12.7. The van der Waals surface area contributed by atoms with E-state index in [1.165, 1.54) is 12.1 Å². The highest BCUT2D eigenvalue weighted by Gasteiger charge is 2.20. The van der Waals surface area contributed by atoms with Gasteiger partial charge in [-0.05, 0) is 89.4 Å². The number of aliphatic carboxylic acids is 1. The smallest absolute Gasteiger partial charge is 0.328 e. The van der Waals surface area contributed by atoms with E-state index < -0.39 is 5.97 Å². The number of fused-ring (bicyclic) bond motifs is 1. The maximum atomic E-state index is 13.9. The van der Waals surface area contributed by atoms with Crippen LogP contribution >= 0.6 is 11.6 Å². The molecular weight excluding hydrogens is 503 g/mol. The van der Waals surface area contributed by atoms with Crippen LogP contribution in [-0.2, 0) is 9.53 Å². The average Bonchev–Trinajstić information content (AvgIpc) is 3.35. The monoisotopic (exact) mass is 530 g/mol. The van der Waals surface area contributed by atoms with E-state index in [2.05, 4.69) is 30.2 Å². The molecule has 4 aromatic rings. The number of hydrogen-bond donors (Lipinski definition) is 1. The lowest BCUT2D eigenvalue weighted by Crippen LogP contribution is -2.18. The minimum absolute atomic E-state index is 0.0576. The summed E-state index contributed by atoms with van der Waals surface area (Å²) in [7, 11) is 0. The third kappa shape index (κ3) is 5.42. The second-order valence-corrected chi connectivity index (χ2v) is 9.72. The van der Waals surface area contributed by atoms with E-state index in [4.69, 9.17) is 21.4 Å². The quantitative estimate of drug-likeness (QED) is 0.194. The highest BCUT2D eigenvalue weighted by molar-refractivity contribution is 6.32. The molecule has 0 amide bonds. The topological polar surface area (TPSA) is 64.3 Å². The molecule has 0 radical (unpaired) electrons. The Morgan fingerprint density at radius 3 is 2.61 bits per heavy atom. The van der Waals surface area contributed by atoms with Gasteiger partial charge in [-0.3, -0.25) is 0 Å². The summed E-state index contributed by atoms with van der Waals surface area (Å²) in [4.78, 5) is 10.9. The van der Waals surface area contributed by atoms with Crippen molar-refractivity contribution in [2.24, 2.45) is 0 Å². The molecule has 5 nitrogen and oxygen atoms in total. The first-order chi connectivity index (χ1) is 18.4. The molecule has 1 saturated heterocycles.